The van der Waals surface area contributed by atoms with Crippen LogP contribution in [0.25, 0.3) is 0 Å². The van der Waals surface area contributed by atoms with Gasteiger partial charge in [0.2, 0.25) is 0 Å². The molecule has 0 saturated heterocycles. The molecule has 0 aliphatic heterocycles. The highest BCUT2D eigenvalue weighted by Crippen LogP contribution is 2.18. The van der Waals surface area contributed by atoms with Crippen molar-refractivity contribution in [2.75, 3.05) is 16.6 Å². The molecule has 1 amide bonds. The van der Waals surface area contributed by atoms with Gasteiger partial charge in [0.25, 0.3) is 15.9 Å². The van der Waals surface area contributed by atoms with Gasteiger partial charge in [-0.05, 0) is 60.7 Å². The molecule has 0 spiro atoms. The molecule has 0 fully saturated rings. The Kier molecular flexibility index (Phi) is 6.18. The zero-order valence-electron chi connectivity index (χ0n) is 14.6. The molecular formula is C20H17ClN2O4S. The molecule has 2 N–H and O–H groups in total. The molecule has 0 atom stereocenters. The third-order valence-electron chi connectivity index (χ3n) is 3.66. The molecule has 0 unspecified atom stereocenters. The largest absolute Gasteiger partial charge is 0.484 e. The molecular weight excluding hydrogens is 400 g/mol. The van der Waals surface area contributed by atoms with E-state index in [1.54, 1.807) is 54.6 Å². The number of amides is 1. The molecule has 0 bridgehead atoms. The van der Waals surface area contributed by atoms with Gasteiger partial charge >= 0.3 is 0 Å². The SMILES string of the molecule is O=C(COc1ccc(Cl)cc1)Nc1ccc(S(=O)(=O)Nc2ccccc2)cc1. The fraction of sp³-hybridized carbons (Fsp3) is 0.0500. The molecule has 0 saturated carbocycles. The third-order valence-corrected chi connectivity index (χ3v) is 5.31. The molecule has 3 aromatic rings. The van der Waals surface area contributed by atoms with Crippen LogP contribution in [0.5, 0.6) is 5.75 Å². The minimum absolute atomic E-state index is 0.0896. The van der Waals surface area contributed by atoms with Crippen LogP contribution in [-0.2, 0) is 14.8 Å². The highest BCUT2D eigenvalue weighted by atomic mass is 35.5. The summed E-state index contributed by atoms with van der Waals surface area (Å²) in [4.78, 5) is 12.1. The van der Waals surface area contributed by atoms with Crippen molar-refractivity contribution in [3.8, 4) is 5.75 Å². The summed E-state index contributed by atoms with van der Waals surface area (Å²) in [5.41, 5.74) is 0.933. The predicted molar refractivity (Wildman–Crippen MR) is 109 cm³/mol. The zero-order valence-corrected chi connectivity index (χ0v) is 16.2. The lowest BCUT2D eigenvalue weighted by atomic mass is 10.3. The number of carbonyl (C=O) groups excluding carboxylic acids is 1. The standard InChI is InChI=1S/C20H17ClN2O4S/c21-15-6-10-18(11-7-15)27-14-20(24)22-16-8-12-19(13-9-16)28(25,26)23-17-4-2-1-3-5-17/h1-13,23H,14H2,(H,22,24). The number of carbonyl (C=O) groups is 1. The molecule has 28 heavy (non-hydrogen) atoms. The van der Waals surface area contributed by atoms with Crippen LogP contribution in [0.1, 0.15) is 0 Å². The average Bonchev–Trinajstić information content (AvgIpc) is 2.68. The summed E-state index contributed by atoms with van der Waals surface area (Å²) in [6.07, 6.45) is 0. The Morgan fingerprint density at radius 3 is 2.14 bits per heavy atom. The maximum Gasteiger partial charge on any atom is 0.262 e. The van der Waals surface area contributed by atoms with E-state index < -0.39 is 10.0 Å². The molecule has 6 nitrogen and oxygen atoms in total. The minimum atomic E-state index is -3.71. The number of sulfonamides is 1. The van der Waals surface area contributed by atoms with Crippen molar-refractivity contribution < 1.29 is 17.9 Å². The molecule has 3 rings (SSSR count). The van der Waals surface area contributed by atoms with Crippen molar-refractivity contribution in [3.63, 3.8) is 0 Å². The van der Waals surface area contributed by atoms with E-state index in [1.165, 1.54) is 24.3 Å². The first kappa shape index (κ1) is 19.7. The molecule has 0 heterocycles. The highest BCUT2D eigenvalue weighted by Gasteiger charge is 2.14. The third kappa shape index (κ3) is 5.48. The van der Waals surface area contributed by atoms with E-state index in [0.29, 0.717) is 22.1 Å². The van der Waals surface area contributed by atoms with Crippen molar-refractivity contribution in [1.82, 2.24) is 0 Å². The molecule has 0 radical (unpaired) electrons. The van der Waals surface area contributed by atoms with Crippen molar-refractivity contribution in [2.24, 2.45) is 0 Å². The monoisotopic (exact) mass is 416 g/mol. The Morgan fingerprint density at radius 1 is 0.857 bits per heavy atom. The molecule has 0 aromatic heterocycles. The lowest BCUT2D eigenvalue weighted by Gasteiger charge is -2.10. The summed E-state index contributed by atoms with van der Waals surface area (Å²) in [7, 11) is -3.71. The zero-order chi connectivity index (χ0) is 20.0. The summed E-state index contributed by atoms with van der Waals surface area (Å²) in [5.74, 6) is 0.154. The van der Waals surface area contributed by atoms with Crippen LogP contribution >= 0.6 is 11.6 Å². The second-order valence-electron chi connectivity index (χ2n) is 5.79. The van der Waals surface area contributed by atoms with E-state index in [1.807, 2.05) is 0 Å². The van der Waals surface area contributed by atoms with Gasteiger partial charge in [-0.3, -0.25) is 9.52 Å². The Balaban J connectivity index is 1.57. The number of benzene rings is 3. The Labute approximate surface area is 168 Å². The van der Waals surface area contributed by atoms with E-state index in [-0.39, 0.29) is 17.4 Å². The number of nitrogens with one attached hydrogen (secondary N) is 2. The fourth-order valence-corrected chi connectivity index (χ4v) is 3.50. The average molecular weight is 417 g/mol. The van der Waals surface area contributed by atoms with Crippen molar-refractivity contribution in [3.05, 3.63) is 83.9 Å². The number of halogens is 1. The van der Waals surface area contributed by atoms with Gasteiger partial charge < -0.3 is 10.1 Å². The molecule has 8 heteroatoms. The second kappa shape index (κ2) is 8.77. The van der Waals surface area contributed by atoms with Crippen LogP contribution in [0.4, 0.5) is 11.4 Å². The van der Waals surface area contributed by atoms with Crippen LogP contribution in [0.2, 0.25) is 5.02 Å². The van der Waals surface area contributed by atoms with Crippen molar-refractivity contribution in [2.45, 2.75) is 4.90 Å². The topological polar surface area (TPSA) is 84.5 Å². The number of para-hydroxylation sites is 1. The lowest BCUT2D eigenvalue weighted by molar-refractivity contribution is -0.118. The first-order chi connectivity index (χ1) is 13.4. The predicted octanol–water partition coefficient (Wildman–Crippen LogP) is 4.16. The Morgan fingerprint density at radius 2 is 1.50 bits per heavy atom. The fourth-order valence-electron chi connectivity index (χ4n) is 2.31. The Bertz CT molecular complexity index is 1040. The maximum absolute atomic E-state index is 12.4. The quantitative estimate of drug-likeness (QED) is 0.605. The van der Waals surface area contributed by atoms with Gasteiger partial charge in [0, 0.05) is 16.4 Å². The Hall–Kier alpha value is -3.03. The molecule has 0 aliphatic carbocycles. The molecule has 3 aromatic carbocycles. The number of hydrogen-bond donors (Lipinski definition) is 2. The van der Waals surface area contributed by atoms with Gasteiger partial charge in [0.05, 0.1) is 4.90 Å². The summed E-state index contributed by atoms with van der Waals surface area (Å²) >= 11 is 5.79. The first-order valence-electron chi connectivity index (χ1n) is 8.28. The van der Waals surface area contributed by atoms with E-state index in [2.05, 4.69) is 10.0 Å². The number of rotatable bonds is 7. The summed E-state index contributed by atoms with van der Waals surface area (Å²) < 4.78 is 32.6. The molecule has 144 valence electrons. The van der Waals surface area contributed by atoms with E-state index in [0.717, 1.165) is 0 Å². The summed E-state index contributed by atoms with van der Waals surface area (Å²) in [6, 6.07) is 21.1. The van der Waals surface area contributed by atoms with Crippen LogP contribution < -0.4 is 14.8 Å². The van der Waals surface area contributed by atoms with E-state index in [4.69, 9.17) is 16.3 Å². The lowest BCUT2D eigenvalue weighted by Crippen LogP contribution is -2.20. The summed E-state index contributed by atoms with van der Waals surface area (Å²) in [6.45, 7) is -0.183. The van der Waals surface area contributed by atoms with E-state index >= 15 is 0 Å². The first-order valence-corrected chi connectivity index (χ1v) is 10.1. The van der Waals surface area contributed by atoms with Crippen molar-refractivity contribution >= 4 is 38.9 Å². The number of hydrogen-bond acceptors (Lipinski definition) is 4. The van der Waals surface area contributed by atoms with Gasteiger partial charge in [-0.2, -0.15) is 0 Å². The minimum Gasteiger partial charge on any atom is -0.484 e. The smallest absolute Gasteiger partial charge is 0.262 e. The van der Waals surface area contributed by atoms with Gasteiger partial charge in [0.15, 0.2) is 6.61 Å². The van der Waals surface area contributed by atoms with Crippen LogP contribution in [0.3, 0.4) is 0 Å². The number of anilines is 2. The molecule has 0 aliphatic rings. The second-order valence-corrected chi connectivity index (χ2v) is 7.91. The van der Waals surface area contributed by atoms with Crippen molar-refractivity contribution in [1.29, 1.82) is 0 Å². The normalized spacial score (nSPS) is 10.9. The van der Waals surface area contributed by atoms with Gasteiger partial charge in [0.1, 0.15) is 5.75 Å². The van der Waals surface area contributed by atoms with Gasteiger partial charge in [-0.15, -0.1) is 0 Å². The maximum atomic E-state index is 12.4. The summed E-state index contributed by atoms with van der Waals surface area (Å²) in [5, 5.41) is 3.22. The van der Waals surface area contributed by atoms with Gasteiger partial charge in [-0.25, -0.2) is 8.42 Å². The van der Waals surface area contributed by atoms with E-state index in [9.17, 15) is 13.2 Å². The number of ether oxygens (including phenoxy) is 1. The van der Waals surface area contributed by atoms with Crippen LogP contribution in [0, 0.1) is 0 Å². The van der Waals surface area contributed by atoms with Crippen LogP contribution in [-0.4, -0.2) is 20.9 Å². The van der Waals surface area contributed by atoms with Gasteiger partial charge in [-0.1, -0.05) is 29.8 Å². The highest BCUT2D eigenvalue weighted by molar-refractivity contribution is 7.92. The van der Waals surface area contributed by atoms with Crippen LogP contribution in [0.15, 0.2) is 83.8 Å².